The molecule has 2 rings (SSSR count). The summed E-state index contributed by atoms with van der Waals surface area (Å²) < 4.78 is 26.1. The van der Waals surface area contributed by atoms with Crippen LogP contribution in [-0.4, -0.2) is 38.2 Å². The van der Waals surface area contributed by atoms with Crippen molar-refractivity contribution in [2.24, 2.45) is 0 Å². The second-order valence-electron chi connectivity index (χ2n) is 4.92. The minimum atomic E-state index is -3.17. The van der Waals surface area contributed by atoms with Gasteiger partial charge in [-0.3, -0.25) is 4.79 Å². The van der Waals surface area contributed by atoms with Crippen LogP contribution in [0.15, 0.2) is 48.8 Å². The van der Waals surface area contributed by atoms with E-state index in [9.17, 15) is 13.2 Å². The van der Waals surface area contributed by atoms with E-state index < -0.39 is 10.0 Å². The van der Waals surface area contributed by atoms with Gasteiger partial charge >= 0.3 is 0 Å². The van der Waals surface area contributed by atoms with E-state index in [-0.39, 0.29) is 5.91 Å². The molecule has 0 radical (unpaired) electrons. The van der Waals surface area contributed by atoms with Crippen molar-refractivity contribution in [2.75, 3.05) is 19.3 Å². The summed E-state index contributed by atoms with van der Waals surface area (Å²) in [6.07, 6.45) is 5.47. The standard InChI is InChI=1S/C15H19N3O3S/c1-22(20,21)17-9-5-8-16-15(19)13-6-4-7-14(12-13)18-10-2-3-11-18/h2-4,6-7,10-12,17H,5,8-9H2,1H3,(H,16,19). The summed E-state index contributed by atoms with van der Waals surface area (Å²) in [4.78, 5) is 12.1. The van der Waals surface area contributed by atoms with Crippen LogP contribution < -0.4 is 10.0 Å². The molecule has 0 bridgehead atoms. The van der Waals surface area contributed by atoms with E-state index >= 15 is 0 Å². The Morgan fingerprint density at radius 3 is 2.55 bits per heavy atom. The Kier molecular flexibility index (Phi) is 5.35. The third kappa shape index (κ3) is 5.01. The molecule has 2 aromatic rings. The number of nitrogens with zero attached hydrogens (tertiary/aromatic N) is 1. The van der Waals surface area contributed by atoms with Gasteiger partial charge in [-0.1, -0.05) is 6.07 Å². The van der Waals surface area contributed by atoms with Crippen molar-refractivity contribution in [3.05, 3.63) is 54.4 Å². The minimum Gasteiger partial charge on any atom is -0.352 e. The molecular formula is C15H19N3O3S. The maximum Gasteiger partial charge on any atom is 0.251 e. The molecular weight excluding hydrogens is 302 g/mol. The molecule has 0 atom stereocenters. The number of rotatable bonds is 7. The highest BCUT2D eigenvalue weighted by Gasteiger charge is 2.06. The summed E-state index contributed by atoms with van der Waals surface area (Å²) in [7, 11) is -3.17. The highest BCUT2D eigenvalue weighted by Crippen LogP contribution is 2.10. The van der Waals surface area contributed by atoms with E-state index in [1.54, 1.807) is 6.07 Å². The zero-order chi connectivity index (χ0) is 16.0. The lowest BCUT2D eigenvalue weighted by Crippen LogP contribution is -2.29. The lowest BCUT2D eigenvalue weighted by Gasteiger charge is -2.08. The third-order valence-electron chi connectivity index (χ3n) is 3.01. The number of hydrogen-bond acceptors (Lipinski definition) is 3. The van der Waals surface area contributed by atoms with E-state index in [0.29, 0.717) is 25.1 Å². The summed E-state index contributed by atoms with van der Waals surface area (Å²) in [6, 6.07) is 11.1. The molecule has 1 aromatic carbocycles. The number of sulfonamides is 1. The second-order valence-corrected chi connectivity index (χ2v) is 6.75. The van der Waals surface area contributed by atoms with Crippen LogP contribution >= 0.6 is 0 Å². The van der Waals surface area contributed by atoms with Crippen LogP contribution in [0.3, 0.4) is 0 Å². The maximum absolute atomic E-state index is 12.1. The van der Waals surface area contributed by atoms with Crippen molar-refractivity contribution in [3.63, 3.8) is 0 Å². The molecule has 0 spiro atoms. The Balaban J connectivity index is 1.87. The average molecular weight is 321 g/mol. The molecule has 0 aliphatic rings. The fourth-order valence-corrected chi connectivity index (χ4v) is 2.48. The second kappa shape index (κ2) is 7.24. The number of carbonyl (C=O) groups is 1. The van der Waals surface area contributed by atoms with Crippen LogP contribution in [0.1, 0.15) is 16.8 Å². The molecule has 22 heavy (non-hydrogen) atoms. The molecule has 0 saturated heterocycles. The van der Waals surface area contributed by atoms with Crippen molar-refractivity contribution in [1.82, 2.24) is 14.6 Å². The number of hydrogen-bond donors (Lipinski definition) is 2. The first-order chi connectivity index (χ1) is 10.5. The van der Waals surface area contributed by atoms with Crippen LogP contribution in [0.5, 0.6) is 0 Å². The molecule has 2 N–H and O–H groups in total. The van der Waals surface area contributed by atoms with Gasteiger partial charge in [-0.05, 0) is 36.8 Å². The normalized spacial score (nSPS) is 11.3. The Morgan fingerprint density at radius 1 is 1.14 bits per heavy atom. The van der Waals surface area contributed by atoms with E-state index in [4.69, 9.17) is 0 Å². The topological polar surface area (TPSA) is 80.2 Å². The molecule has 1 aromatic heterocycles. The maximum atomic E-state index is 12.1. The summed E-state index contributed by atoms with van der Waals surface area (Å²) in [5.74, 6) is -0.173. The zero-order valence-electron chi connectivity index (χ0n) is 12.3. The van der Waals surface area contributed by atoms with E-state index in [1.807, 2.05) is 47.3 Å². The highest BCUT2D eigenvalue weighted by molar-refractivity contribution is 7.88. The number of aromatic nitrogens is 1. The molecule has 0 aliphatic heterocycles. The van der Waals surface area contributed by atoms with Gasteiger partial charge < -0.3 is 9.88 Å². The Morgan fingerprint density at radius 2 is 1.86 bits per heavy atom. The first kappa shape index (κ1) is 16.3. The van der Waals surface area contributed by atoms with E-state index in [1.165, 1.54) is 0 Å². The molecule has 0 aliphatic carbocycles. The lowest BCUT2D eigenvalue weighted by molar-refractivity contribution is 0.0953. The van der Waals surface area contributed by atoms with Crippen molar-refractivity contribution >= 4 is 15.9 Å². The molecule has 6 nitrogen and oxygen atoms in total. The van der Waals surface area contributed by atoms with Gasteiger partial charge in [0, 0.05) is 36.7 Å². The van der Waals surface area contributed by atoms with E-state index in [2.05, 4.69) is 10.0 Å². The van der Waals surface area contributed by atoms with Crippen LogP contribution in [0.25, 0.3) is 5.69 Å². The van der Waals surface area contributed by atoms with Crippen LogP contribution in [0.2, 0.25) is 0 Å². The third-order valence-corrected chi connectivity index (χ3v) is 3.74. The van der Waals surface area contributed by atoms with Gasteiger partial charge in [0.05, 0.1) is 6.26 Å². The van der Waals surface area contributed by atoms with Crippen LogP contribution in [0.4, 0.5) is 0 Å². The van der Waals surface area contributed by atoms with Gasteiger partial charge in [0.15, 0.2) is 0 Å². The lowest BCUT2D eigenvalue weighted by atomic mass is 10.2. The summed E-state index contributed by atoms with van der Waals surface area (Å²) in [5, 5.41) is 2.77. The molecule has 1 amide bonds. The quantitative estimate of drug-likeness (QED) is 0.751. The van der Waals surface area contributed by atoms with Crippen LogP contribution in [0, 0.1) is 0 Å². The zero-order valence-corrected chi connectivity index (χ0v) is 13.1. The summed E-state index contributed by atoms with van der Waals surface area (Å²) >= 11 is 0. The number of benzene rings is 1. The number of nitrogens with one attached hydrogen (secondary N) is 2. The van der Waals surface area contributed by atoms with Gasteiger partial charge in [0.2, 0.25) is 10.0 Å². The molecule has 0 saturated carbocycles. The SMILES string of the molecule is CS(=O)(=O)NCCCNC(=O)c1cccc(-n2cccc2)c1. The summed E-state index contributed by atoms with van der Waals surface area (Å²) in [5.41, 5.74) is 1.48. The predicted molar refractivity (Wildman–Crippen MR) is 85.6 cm³/mol. The molecule has 7 heteroatoms. The molecule has 0 fully saturated rings. The Hall–Kier alpha value is -2.12. The van der Waals surface area contributed by atoms with Gasteiger partial charge in [-0.2, -0.15) is 0 Å². The predicted octanol–water partition coefficient (Wildman–Crippen LogP) is 1.15. The minimum absolute atomic E-state index is 0.173. The van der Waals surface area contributed by atoms with Gasteiger partial charge in [-0.15, -0.1) is 0 Å². The molecule has 1 heterocycles. The molecule has 0 unspecified atom stereocenters. The smallest absolute Gasteiger partial charge is 0.251 e. The summed E-state index contributed by atoms with van der Waals surface area (Å²) in [6.45, 7) is 0.720. The van der Waals surface area contributed by atoms with Crippen molar-refractivity contribution in [1.29, 1.82) is 0 Å². The largest absolute Gasteiger partial charge is 0.352 e. The van der Waals surface area contributed by atoms with Crippen molar-refractivity contribution < 1.29 is 13.2 Å². The molecule has 118 valence electrons. The number of carbonyl (C=O) groups excluding carboxylic acids is 1. The van der Waals surface area contributed by atoms with Gasteiger partial charge in [-0.25, -0.2) is 13.1 Å². The van der Waals surface area contributed by atoms with Gasteiger partial charge in [0.25, 0.3) is 5.91 Å². The van der Waals surface area contributed by atoms with Gasteiger partial charge in [0.1, 0.15) is 0 Å². The first-order valence-corrected chi connectivity index (χ1v) is 8.81. The fraction of sp³-hybridized carbons (Fsp3) is 0.267. The fourth-order valence-electron chi connectivity index (χ4n) is 1.96. The van der Waals surface area contributed by atoms with Crippen molar-refractivity contribution in [2.45, 2.75) is 6.42 Å². The average Bonchev–Trinajstić information content (AvgIpc) is 3.00. The van der Waals surface area contributed by atoms with Crippen molar-refractivity contribution in [3.8, 4) is 5.69 Å². The first-order valence-electron chi connectivity index (χ1n) is 6.92. The van der Waals surface area contributed by atoms with Crippen LogP contribution in [-0.2, 0) is 10.0 Å². The highest BCUT2D eigenvalue weighted by atomic mass is 32.2. The Bertz CT molecular complexity index is 724. The number of amides is 1. The van der Waals surface area contributed by atoms with E-state index in [0.717, 1.165) is 11.9 Å². The monoisotopic (exact) mass is 321 g/mol. The Labute approximate surface area is 130 Å².